The van der Waals surface area contributed by atoms with Crippen molar-refractivity contribution in [3.63, 3.8) is 0 Å². The van der Waals surface area contributed by atoms with Gasteiger partial charge in [0.25, 0.3) is 5.91 Å². The van der Waals surface area contributed by atoms with Gasteiger partial charge in [-0.1, -0.05) is 42.8 Å². The molecule has 6 heteroatoms. The number of aromatic nitrogens is 3. The number of aryl methyl sites for hydroxylation is 2. The average Bonchev–Trinajstić information content (AvgIpc) is 2.98. The van der Waals surface area contributed by atoms with E-state index in [9.17, 15) is 4.79 Å². The number of carbonyl (C=O) groups excluding carboxylic acids is 1. The van der Waals surface area contributed by atoms with E-state index >= 15 is 0 Å². The van der Waals surface area contributed by atoms with E-state index in [1.54, 1.807) is 24.3 Å². The molecule has 1 amide bonds. The largest absolute Gasteiger partial charge is 0.305 e. The van der Waals surface area contributed by atoms with Crippen molar-refractivity contribution in [3.8, 4) is 0 Å². The second-order valence-corrected chi connectivity index (χ2v) is 6.98. The van der Waals surface area contributed by atoms with Gasteiger partial charge in [-0.25, -0.2) is 9.67 Å². The number of rotatable bonds is 4. The van der Waals surface area contributed by atoms with Gasteiger partial charge in [-0.05, 0) is 43.2 Å². The Labute approximate surface area is 162 Å². The third-order valence-corrected chi connectivity index (χ3v) is 4.74. The smallest absolute Gasteiger partial charge is 0.256 e. The number of pyridine rings is 1. The fourth-order valence-corrected chi connectivity index (χ4v) is 3.39. The Hall–Kier alpha value is -2.92. The van der Waals surface area contributed by atoms with Crippen LogP contribution < -0.4 is 5.32 Å². The molecule has 27 heavy (non-hydrogen) atoms. The van der Waals surface area contributed by atoms with Crippen molar-refractivity contribution in [2.75, 3.05) is 5.32 Å². The number of benzene rings is 2. The van der Waals surface area contributed by atoms with Crippen molar-refractivity contribution in [1.29, 1.82) is 0 Å². The third-order valence-electron chi connectivity index (χ3n) is 4.50. The van der Waals surface area contributed by atoms with Gasteiger partial charge >= 0.3 is 0 Å². The first-order chi connectivity index (χ1) is 13.1. The van der Waals surface area contributed by atoms with Gasteiger partial charge in [-0.15, -0.1) is 0 Å². The van der Waals surface area contributed by atoms with Crippen LogP contribution in [0.1, 0.15) is 29.3 Å². The molecule has 2 heterocycles. The topological polar surface area (TPSA) is 59.8 Å². The van der Waals surface area contributed by atoms with Gasteiger partial charge in [-0.2, -0.15) is 5.10 Å². The Morgan fingerprint density at radius 3 is 2.78 bits per heavy atom. The normalized spacial score (nSPS) is 11.2. The zero-order valence-corrected chi connectivity index (χ0v) is 15.9. The summed E-state index contributed by atoms with van der Waals surface area (Å²) in [4.78, 5) is 17.5. The molecule has 5 nitrogen and oxygen atoms in total. The molecule has 0 saturated carbocycles. The lowest BCUT2D eigenvalue weighted by Gasteiger charge is -2.04. The Morgan fingerprint density at radius 1 is 1.19 bits per heavy atom. The van der Waals surface area contributed by atoms with Crippen molar-refractivity contribution in [2.24, 2.45) is 0 Å². The number of carbonyl (C=O) groups is 1. The lowest BCUT2D eigenvalue weighted by molar-refractivity contribution is 0.102. The summed E-state index contributed by atoms with van der Waals surface area (Å²) in [5, 5.41) is 9.90. The molecule has 2 aromatic heterocycles. The molecule has 4 aromatic rings. The maximum atomic E-state index is 12.7. The van der Waals surface area contributed by atoms with Gasteiger partial charge in [0.2, 0.25) is 0 Å². The molecule has 0 saturated heterocycles. The van der Waals surface area contributed by atoms with Gasteiger partial charge in [0.05, 0.1) is 10.9 Å². The van der Waals surface area contributed by atoms with Crippen molar-refractivity contribution in [3.05, 3.63) is 64.7 Å². The molecule has 0 atom stereocenters. The van der Waals surface area contributed by atoms with Crippen LogP contribution in [0.2, 0.25) is 5.02 Å². The van der Waals surface area contributed by atoms with Crippen molar-refractivity contribution >= 4 is 45.3 Å². The molecule has 2 aromatic carbocycles. The van der Waals surface area contributed by atoms with E-state index in [-0.39, 0.29) is 5.91 Å². The minimum Gasteiger partial charge on any atom is -0.305 e. The van der Waals surface area contributed by atoms with E-state index in [2.05, 4.69) is 17.3 Å². The lowest BCUT2D eigenvalue weighted by atomic mass is 10.1. The Balaban J connectivity index is 1.83. The van der Waals surface area contributed by atoms with Crippen molar-refractivity contribution < 1.29 is 4.79 Å². The van der Waals surface area contributed by atoms with Crippen LogP contribution in [0.15, 0.2) is 48.5 Å². The summed E-state index contributed by atoms with van der Waals surface area (Å²) in [6.07, 6.45) is 0.923. The predicted molar refractivity (Wildman–Crippen MR) is 109 cm³/mol. The molecule has 0 radical (unpaired) electrons. The Kier molecular flexibility index (Phi) is 4.54. The summed E-state index contributed by atoms with van der Waals surface area (Å²) in [5.41, 5.74) is 3.34. The average molecular weight is 379 g/mol. The van der Waals surface area contributed by atoms with E-state index in [1.807, 2.05) is 35.9 Å². The molecule has 136 valence electrons. The molecule has 0 unspecified atom stereocenters. The molecular formula is C21H19ClN4O. The summed E-state index contributed by atoms with van der Waals surface area (Å²) in [7, 11) is 0. The fourth-order valence-electron chi connectivity index (χ4n) is 3.20. The maximum Gasteiger partial charge on any atom is 0.256 e. The van der Waals surface area contributed by atoms with Gasteiger partial charge in [0, 0.05) is 22.5 Å². The van der Waals surface area contributed by atoms with Crippen molar-refractivity contribution in [1.82, 2.24) is 14.8 Å². The second kappa shape index (κ2) is 7.00. The van der Waals surface area contributed by atoms with Gasteiger partial charge in [0.15, 0.2) is 11.5 Å². The zero-order chi connectivity index (χ0) is 19.0. The van der Waals surface area contributed by atoms with Crippen LogP contribution in [0.4, 0.5) is 5.82 Å². The molecule has 1 N–H and O–H groups in total. The first-order valence-corrected chi connectivity index (χ1v) is 9.28. The van der Waals surface area contributed by atoms with E-state index in [4.69, 9.17) is 16.6 Å². The molecule has 0 spiro atoms. The number of hydrogen-bond donors (Lipinski definition) is 1. The van der Waals surface area contributed by atoms with E-state index in [0.717, 1.165) is 40.5 Å². The first-order valence-electron chi connectivity index (χ1n) is 8.90. The summed E-state index contributed by atoms with van der Waals surface area (Å²) >= 11 is 6.00. The van der Waals surface area contributed by atoms with Crippen LogP contribution >= 0.6 is 11.6 Å². The summed E-state index contributed by atoms with van der Waals surface area (Å²) in [6, 6.07) is 15.0. The number of amides is 1. The molecule has 4 rings (SSSR count). The third kappa shape index (κ3) is 3.26. The highest BCUT2D eigenvalue weighted by Crippen LogP contribution is 2.28. The monoisotopic (exact) mass is 378 g/mol. The highest BCUT2D eigenvalue weighted by molar-refractivity contribution is 6.31. The minimum absolute atomic E-state index is 0.245. The predicted octanol–water partition coefficient (Wildman–Crippen LogP) is 5.21. The second-order valence-electron chi connectivity index (χ2n) is 6.54. The molecular weight excluding hydrogens is 360 g/mol. The van der Waals surface area contributed by atoms with Crippen LogP contribution in [-0.2, 0) is 6.54 Å². The van der Waals surface area contributed by atoms with Crippen LogP contribution in [-0.4, -0.2) is 20.7 Å². The van der Waals surface area contributed by atoms with Crippen LogP contribution in [0.3, 0.4) is 0 Å². The molecule has 0 aliphatic carbocycles. The molecule has 0 aliphatic heterocycles. The van der Waals surface area contributed by atoms with Crippen LogP contribution in [0, 0.1) is 6.92 Å². The molecule has 0 aliphatic rings. The van der Waals surface area contributed by atoms with Crippen LogP contribution in [0.5, 0.6) is 0 Å². The number of hydrogen-bond acceptors (Lipinski definition) is 3. The van der Waals surface area contributed by atoms with E-state index in [1.165, 1.54) is 0 Å². The quantitative estimate of drug-likeness (QED) is 0.530. The number of para-hydroxylation sites is 1. The SMILES string of the molecule is CCCn1nc(NC(=O)c2cccc(Cl)c2)c2cc3cccc(C)c3nc21. The van der Waals surface area contributed by atoms with E-state index in [0.29, 0.717) is 16.4 Å². The number of nitrogens with one attached hydrogen (secondary N) is 1. The minimum atomic E-state index is -0.245. The van der Waals surface area contributed by atoms with Gasteiger partial charge < -0.3 is 5.32 Å². The summed E-state index contributed by atoms with van der Waals surface area (Å²) in [5.74, 6) is 0.268. The van der Waals surface area contributed by atoms with Gasteiger partial charge in [-0.3, -0.25) is 4.79 Å². The number of halogens is 1. The van der Waals surface area contributed by atoms with E-state index < -0.39 is 0 Å². The number of nitrogens with zero attached hydrogens (tertiary/aromatic N) is 3. The highest BCUT2D eigenvalue weighted by atomic mass is 35.5. The standard InChI is InChI=1S/C21H19ClN4O/c1-3-10-26-20-17(12-14-7-4-6-13(2)18(14)23-20)19(25-26)24-21(27)15-8-5-9-16(22)11-15/h4-9,11-12H,3,10H2,1-2H3,(H,24,25,27). The Morgan fingerprint density at radius 2 is 2.00 bits per heavy atom. The number of anilines is 1. The molecule has 0 fully saturated rings. The first kappa shape index (κ1) is 17.5. The fraction of sp³-hybridized carbons (Fsp3) is 0.190. The maximum absolute atomic E-state index is 12.7. The summed E-state index contributed by atoms with van der Waals surface area (Å²) < 4.78 is 1.86. The Bertz CT molecular complexity index is 1170. The van der Waals surface area contributed by atoms with Crippen LogP contribution in [0.25, 0.3) is 21.9 Å². The molecule has 0 bridgehead atoms. The van der Waals surface area contributed by atoms with Gasteiger partial charge in [0.1, 0.15) is 0 Å². The van der Waals surface area contributed by atoms with Crippen molar-refractivity contribution in [2.45, 2.75) is 26.8 Å². The summed E-state index contributed by atoms with van der Waals surface area (Å²) in [6.45, 7) is 4.86. The highest BCUT2D eigenvalue weighted by Gasteiger charge is 2.16. The zero-order valence-electron chi connectivity index (χ0n) is 15.2. The lowest BCUT2D eigenvalue weighted by Crippen LogP contribution is -2.12. The number of fused-ring (bicyclic) bond motifs is 2.